The van der Waals surface area contributed by atoms with Crippen LogP contribution in [0.1, 0.15) is 20.3 Å². The summed E-state index contributed by atoms with van der Waals surface area (Å²) in [6, 6.07) is -0.277. The van der Waals surface area contributed by atoms with Crippen LogP contribution in [-0.4, -0.2) is 32.8 Å². The molecule has 1 rings (SSSR count). The molecule has 78 valence electrons. The van der Waals surface area contributed by atoms with Crippen LogP contribution < -0.4 is 5.32 Å². The number of nitrogens with zero attached hydrogens (tertiary/aromatic N) is 2. The van der Waals surface area contributed by atoms with Crippen molar-refractivity contribution in [1.29, 1.82) is 0 Å². The molecular formula is C9H15N3O2. The number of rotatable bonds is 3. The molecule has 2 N–H and O–H groups in total. The van der Waals surface area contributed by atoms with Crippen molar-refractivity contribution in [3.63, 3.8) is 0 Å². The Bertz CT molecular complexity index is 282. The third-order valence-electron chi connectivity index (χ3n) is 1.80. The molecule has 0 aliphatic rings. The summed E-state index contributed by atoms with van der Waals surface area (Å²) in [7, 11) is 0. The lowest BCUT2D eigenvalue weighted by atomic mass is 10.2. The standard InChI is InChI=1S/C9H15N3O2/c1-7(5-8(2)13)11-9(14)12-4-3-10-6-12/h3-4,6-8,13H,5H2,1-2H3,(H,11,14). The Labute approximate surface area is 82.8 Å². The van der Waals surface area contributed by atoms with Crippen molar-refractivity contribution in [3.8, 4) is 0 Å². The van der Waals surface area contributed by atoms with Crippen molar-refractivity contribution in [2.75, 3.05) is 0 Å². The number of aromatic nitrogens is 2. The molecule has 1 heterocycles. The summed E-state index contributed by atoms with van der Waals surface area (Å²) in [5, 5.41) is 11.8. The molecule has 5 nitrogen and oxygen atoms in total. The molecule has 2 atom stereocenters. The van der Waals surface area contributed by atoms with Gasteiger partial charge >= 0.3 is 6.03 Å². The van der Waals surface area contributed by atoms with Crippen LogP contribution in [0.5, 0.6) is 0 Å². The van der Waals surface area contributed by atoms with E-state index < -0.39 is 6.10 Å². The summed E-state index contributed by atoms with van der Waals surface area (Å²) in [6.45, 7) is 3.54. The summed E-state index contributed by atoms with van der Waals surface area (Å²) in [5.74, 6) is 0. The molecular weight excluding hydrogens is 182 g/mol. The van der Waals surface area contributed by atoms with Gasteiger partial charge in [0.2, 0.25) is 0 Å². The highest BCUT2D eigenvalue weighted by molar-refractivity contribution is 5.76. The van der Waals surface area contributed by atoms with E-state index >= 15 is 0 Å². The predicted octanol–water partition coefficient (Wildman–Crippen LogP) is 0.600. The molecule has 0 bridgehead atoms. The van der Waals surface area contributed by atoms with Crippen LogP contribution in [0.2, 0.25) is 0 Å². The summed E-state index contributed by atoms with van der Waals surface area (Å²) >= 11 is 0. The predicted molar refractivity (Wildman–Crippen MR) is 51.9 cm³/mol. The highest BCUT2D eigenvalue weighted by Gasteiger charge is 2.10. The van der Waals surface area contributed by atoms with E-state index in [2.05, 4.69) is 10.3 Å². The van der Waals surface area contributed by atoms with Gasteiger partial charge in [0.1, 0.15) is 6.33 Å². The normalized spacial score (nSPS) is 14.8. The lowest BCUT2D eigenvalue weighted by molar-refractivity contribution is 0.170. The maximum Gasteiger partial charge on any atom is 0.327 e. The molecule has 2 unspecified atom stereocenters. The van der Waals surface area contributed by atoms with Crippen molar-refractivity contribution in [2.45, 2.75) is 32.4 Å². The molecule has 0 aliphatic carbocycles. The fourth-order valence-electron chi connectivity index (χ4n) is 1.24. The maximum absolute atomic E-state index is 11.4. The number of carbonyl (C=O) groups excluding carboxylic acids is 1. The fraction of sp³-hybridized carbons (Fsp3) is 0.556. The monoisotopic (exact) mass is 197 g/mol. The van der Waals surface area contributed by atoms with Gasteiger partial charge in [-0.3, -0.25) is 4.57 Å². The molecule has 14 heavy (non-hydrogen) atoms. The first-order valence-electron chi connectivity index (χ1n) is 4.56. The van der Waals surface area contributed by atoms with Gasteiger partial charge < -0.3 is 10.4 Å². The number of hydrogen-bond acceptors (Lipinski definition) is 3. The first-order chi connectivity index (χ1) is 6.59. The van der Waals surface area contributed by atoms with Crippen LogP contribution in [0.25, 0.3) is 0 Å². The summed E-state index contributed by atoms with van der Waals surface area (Å²) in [5.41, 5.74) is 0. The molecule has 0 saturated heterocycles. The van der Waals surface area contributed by atoms with E-state index in [1.165, 1.54) is 10.9 Å². The van der Waals surface area contributed by atoms with Gasteiger partial charge in [0.15, 0.2) is 0 Å². The molecule has 1 aromatic heterocycles. The Hall–Kier alpha value is -1.36. The minimum absolute atomic E-state index is 0.0510. The van der Waals surface area contributed by atoms with E-state index in [1.807, 2.05) is 6.92 Å². The van der Waals surface area contributed by atoms with Crippen LogP contribution in [0, 0.1) is 0 Å². The quantitative estimate of drug-likeness (QED) is 0.745. The van der Waals surface area contributed by atoms with Crippen LogP contribution in [0.4, 0.5) is 4.79 Å². The van der Waals surface area contributed by atoms with Crippen LogP contribution in [0.15, 0.2) is 18.7 Å². The number of aliphatic hydroxyl groups is 1. The van der Waals surface area contributed by atoms with E-state index in [9.17, 15) is 4.79 Å². The molecule has 0 radical (unpaired) electrons. The average Bonchev–Trinajstić information content (AvgIpc) is 2.53. The molecule has 0 aromatic carbocycles. The van der Waals surface area contributed by atoms with Crippen LogP contribution >= 0.6 is 0 Å². The molecule has 0 saturated carbocycles. The van der Waals surface area contributed by atoms with Crippen molar-refractivity contribution < 1.29 is 9.90 Å². The Balaban J connectivity index is 2.41. The zero-order chi connectivity index (χ0) is 10.6. The first-order valence-corrected chi connectivity index (χ1v) is 4.56. The summed E-state index contributed by atoms with van der Waals surface area (Å²) in [6.07, 6.45) is 4.68. The SMILES string of the molecule is CC(O)CC(C)NC(=O)n1ccnc1. The lowest BCUT2D eigenvalue weighted by Crippen LogP contribution is -2.37. The second-order valence-corrected chi connectivity index (χ2v) is 3.41. The highest BCUT2D eigenvalue weighted by Crippen LogP contribution is 1.97. The first kappa shape index (κ1) is 10.7. The van der Waals surface area contributed by atoms with Gasteiger partial charge in [0.05, 0.1) is 6.10 Å². The van der Waals surface area contributed by atoms with Crippen LogP contribution in [-0.2, 0) is 0 Å². The van der Waals surface area contributed by atoms with E-state index in [0.29, 0.717) is 6.42 Å². The smallest absolute Gasteiger partial charge is 0.327 e. The molecule has 0 aliphatic heterocycles. The average molecular weight is 197 g/mol. The van der Waals surface area contributed by atoms with Gasteiger partial charge in [-0.05, 0) is 20.3 Å². The van der Waals surface area contributed by atoms with Gasteiger partial charge in [-0.1, -0.05) is 0 Å². The van der Waals surface area contributed by atoms with Crippen molar-refractivity contribution in [1.82, 2.24) is 14.9 Å². The number of carbonyl (C=O) groups is 1. The largest absolute Gasteiger partial charge is 0.393 e. The molecule has 1 aromatic rings. The summed E-state index contributed by atoms with van der Waals surface area (Å²) < 4.78 is 1.36. The zero-order valence-electron chi connectivity index (χ0n) is 8.34. The van der Waals surface area contributed by atoms with E-state index in [0.717, 1.165) is 0 Å². The lowest BCUT2D eigenvalue weighted by Gasteiger charge is -2.15. The van der Waals surface area contributed by atoms with Crippen molar-refractivity contribution in [2.24, 2.45) is 0 Å². The number of amides is 1. The molecule has 1 amide bonds. The highest BCUT2D eigenvalue weighted by atomic mass is 16.3. The van der Waals surface area contributed by atoms with Gasteiger partial charge in [0.25, 0.3) is 0 Å². The number of hydrogen-bond donors (Lipinski definition) is 2. The van der Waals surface area contributed by atoms with Crippen LogP contribution in [0.3, 0.4) is 0 Å². The number of aliphatic hydroxyl groups excluding tert-OH is 1. The van der Waals surface area contributed by atoms with Crippen molar-refractivity contribution in [3.05, 3.63) is 18.7 Å². The van der Waals surface area contributed by atoms with Gasteiger partial charge in [-0.2, -0.15) is 0 Å². The van der Waals surface area contributed by atoms with E-state index in [4.69, 9.17) is 5.11 Å². The second-order valence-electron chi connectivity index (χ2n) is 3.41. The summed E-state index contributed by atoms with van der Waals surface area (Å²) in [4.78, 5) is 15.2. The molecule has 0 spiro atoms. The molecule has 5 heteroatoms. The maximum atomic E-state index is 11.4. The number of nitrogens with one attached hydrogen (secondary N) is 1. The minimum atomic E-state index is -0.409. The second kappa shape index (κ2) is 4.76. The van der Waals surface area contributed by atoms with Gasteiger partial charge in [-0.25, -0.2) is 9.78 Å². The Morgan fingerprint density at radius 3 is 2.86 bits per heavy atom. The third kappa shape index (κ3) is 3.18. The Kier molecular flexibility index (Phi) is 3.64. The van der Waals surface area contributed by atoms with E-state index in [1.54, 1.807) is 19.3 Å². The fourth-order valence-corrected chi connectivity index (χ4v) is 1.24. The number of imidazole rings is 1. The van der Waals surface area contributed by atoms with Crippen molar-refractivity contribution >= 4 is 6.03 Å². The molecule has 0 fully saturated rings. The van der Waals surface area contributed by atoms with E-state index in [-0.39, 0.29) is 12.1 Å². The minimum Gasteiger partial charge on any atom is -0.393 e. The topological polar surface area (TPSA) is 67.2 Å². The zero-order valence-corrected chi connectivity index (χ0v) is 8.34. The Morgan fingerprint density at radius 1 is 1.64 bits per heavy atom. The third-order valence-corrected chi connectivity index (χ3v) is 1.80. The Morgan fingerprint density at radius 2 is 2.36 bits per heavy atom. The van der Waals surface area contributed by atoms with Gasteiger partial charge in [-0.15, -0.1) is 0 Å². The van der Waals surface area contributed by atoms with Gasteiger partial charge in [0, 0.05) is 18.4 Å².